The van der Waals surface area contributed by atoms with Crippen LogP contribution < -0.4 is 10.1 Å². The van der Waals surface area contributed by atoms with Crippen LogP contribution in [0.2, 0.25) is 0 Å². The second-order valence-corrected chi connectivity index (χ2v) is 6.18. The summed E-state index contributed by atoms with van der Waals surface area (Å²) in [6, 6.07) is 8.30. The minimum absolute atomic E-state index is 0.210. The average Bonchev–Trinajstić information content (AvgIpc) is 2.84. The standard InChI is InChI=1S/C18H27N3O/c1-14(2)22-18-7-5-6-17(10-18)12-19-11-15(3)13-21-9-8-20-16(21)4/h5-10,14-15,19H,11-13H2,1-4H3. The van der Waals surface area contributed by atoms with Crippen molar-refractivity contribution in [1.82, 2.24) is 14.9 Å². The Hall–Kier alpha value is -1.81. The molecular formula is C18H27N3O. The molecule has 0 fully saturated rings. The molecule has 0 aliphatic heterocycles. The van der Waals surface area contributed by atoms with E-state index >= 15 is 0 Å². The lowest BCUT2D eigenvalue weighted by atomic mass is 10.1. The molecule has 1 aromatic carbocycles. The lowest BCUT2D eigenvalue weighted by Gasteiger charge is -2.15. The fourth-order valence-corrected chi connectivity index (χ4v) is 2.46. The highest BCUT2D eigenvalue weighted by Gasteiger charge is 2.05. The molecule has 0 radical (unpaired) electrons. The summed E-state index contributed by atoms with van der Waals surface area (Å²) in [5.74, 6) is 2.57. The molecule has 0 amide bonds. The van der Waals surface area contributed by atoms with Crippen LogP contribution >= 0.6 is 0 Å². The molecule has 120 valence electrons. The maximum atomic E-state index is 5.73. The van der Waals surface area contributed by atoms with Gasteiger partial charge in [-0.2, -0.15) is 0 Å². The number of nitrogens with one attached hydrogen (secondary N) is 1. The van der Waals surface area contributed by atoms with Gasteiger partial charge in [-0.1, -0.05) is 19.1 Å². The quantitative estimate of drug-likeness (QED) is 0.812. The van der Waals surface area contributed by atoms with Crippen molar-refractivity contribution in [2.45, 2.75) is 46.9 Å². The van der Waals surface area contributed by atoms with E-state index in [2.05, 4.69) is 33.9 Å². The van der Waals surface area contributed by atoms with Gasteiger partial charge in [0.15, 0.2) is 0 Å². The number of hydrogen-bond donors (Lipinski definition) is 1. The van der Waals surface area contributed by atoms with Crippen LogP contribution in [0, 0.1) is 12.8 Å². The maximum Gasteiger partial charge on any atom is 0.120 e. The fraction of sp³-hybridized carbons (Fsp3) is 0.500. The Morgan fingerprint density at radius 2 is 2.09 bits per heavy atom. The third-order valence-corrected chi connectivity index (χ3v) is 3.52. The van der Waals surface area contributed by atoms with Crippen molar-refractivity contribution in [3.63, 3.8) is 0 Å². The van der Waals surface area contributed by atoms with Gasteiger partial charge in [0.25, 0.3) is 0 Å². The first-order valence-electron chi connectivity index (χ1n) is 7.98. The zero-order valence-electron chi connectivity index (χ0n) is 14.0. The average molecular weight is 301 g/mol. The van der Waals surface area contributed by atoms with Crippen LogP contribution in [-0.4, -0.2) is 22.2 Å². The molecule has 0 aliphatic rings. The van der Waals surface area contributed by atoms with Crippen LogP contribution in [0.3, 0.4) is 0 Å². The largest absolute Gasteiger partial charge is 0.491 e. The van der Waals surface area contributed by atoms with Crippen molar-refractivity contribution in [1.29, 1.82) is 0 Å². The predicted molar refractivity (Wildman–Crippen MR) is 90.0 cm³/mol. The normalized spacial score (nSPS) is 12.6. The topological polar surface area (TPSA) is 39.1 Å². The molecule has 1 atom stereocenters. The van der Waals surface area contributed by atoms with Gasteiger partial charge >= 0.3 is 0 Å². The summed E-state index contributed by atoms with van der Waals surface area (Å²) >= 11 is 0. The van der Waals surface area contributed by atoms with Crippen LogP contribution in [0.15, 0.2) is 36.7 Å². The van der Waals surface area contributed by atoms with Crippen LogP contribution in [0.5, 0.6) is 5.75 Å². The van der Waals surface area contributed by atoms with Gasteiger partial charge in [0.1, 0.15) is 11.6 Å². The van der Waals surface area contributed by atoms with E-state index < -0.39 is 0 Å². The molecule has 1 N–H and O–H groups in total. The Bertz CT molecular complexity index is 577. The van der Waals surface area contributed by atoms with Crippen molar-refractivity contribution < 1.29 is 4.74 Å². The van der Waals surface area contributed by atoms with Gasteiger partial charge < -0.3 is 14.6 Å². The second-order valence-electron chi connectivity index (χ2n) is 6.18. The highest BCUT2D eigenvalue weighted by molar-refractivity contribution is 5.28. The van der Waals surface area contributed by atoms with E-state index in [9.17, 15) is 0 Å². The molecule has 1 heterocycles. The second kappa shape index (κ2) is 7.99. The van der Waals surface area contributed by atoms with Crippen LogP contribution in [0.1, 0.15) is 32.2 Å². The molecule has 1 unspecified atom stereocenters. The lowest BCUT2D eigenvalue weighted by molar-refractivity contribution is 0.242. The minimum atomic E-state index is 0.210. The van der Waals surface area contributed by atoms with Gasteiger partial charge in [-0.05, 0) is 50.9 Å². The van der Waals surface area contributed by atoms with Crippen molar-refractivity contribution in [3.05, 3.63) is 48.0 Å². The summed E-state index contributed by atoms with van der Waals surface area (Å²) < 4.78 is 7.93. The lowest BCUT2D eigenvalue weighted by Crippen LogP contribution is -2.24. The fourth-order valence-electron chi connectivity index (χ4n) is 2.46. The molecule has 2 aromatic rings. The SMILES string of the molecule is Cc1nccn1CC(C)CNCc1cccc(OC(C)C)c1. The summed E-state index contributed by atoms with van der Waals surface area (Å²) in [6.45, 7) is 11.2. The Kier molecular flexibility index (Phi) is 6.01. The van der Waals surface area contributed by atoms with Crippen LogP contribution in [0.4, 0.5) is 0 Å². The third kappa shape index (κ3) is 5.19. The first kappa shape index (κ1) is 16.6. The Morgan fingerprint density at radius 3 is 2.77 bits per heavy atom. The zero-order chi connectivity index (χ0) is 15.9. The van der Waals surface area contributed by atoms with Crippen molar-refractivity contribution in [2.24, 2.45) is 5.92 Å². The number of aromatic nitrogens is 2. The number of benzene rings is 1. The monoisotopic (exact) mass is 301 g/mol. The number of rotatable bonds is 8. The van der Waals surface area contributed by atoms with E-state index in [1.807, 2.05) is 45.3 Å². The van der Waals surface area contributed by atoms with Gasteiger partial charge in [-0.25, -0.2) is 4.98 Å². The Labute approximate surface area is 133 Å². The number of hydrogen-bond acceptors (Lipinski definition) is 3. The van der Waals surface area contributed by atoms with Crippen LogP contribution in [-0.2, 0) is 13.1 Å². The Morgan fingerprint density at radius 1 is 1.27 bits per heavy atom. The summed E-state index contributed by atoms with van der Waals surface area (Å²) in [4.78, 5) is 4.26. The van der Waals surface area contributed by atoms with Gasteiger partial charge in [-0.15, -0.1) is 0 Å². The summed E-state index contributed by atoms with van der Waals surface area (Å²) in [5, 5.41) is 3.52. The van der Waals surface area contributed by atoms with Crippen molar-refractivity contribution in [2.75, 3.05) is 6.54 Å². The van der Waals surface area contributed by atoms with E-state index in [1.54, 1.807) is 0 Å². The van der Waals surface area contributed by atoms with E-state index in [0.717, 1.165) is 31.2 Å². The smallest absolute Gasteiger partial charge is 0.120 e. The molecule has 22 heavy (non-hydrogen) atoms. The Balaban J connectivity index is 1.77. The van der Waals surface area contributed by atoms with Gasteiger partial charge in [0.05, 0.1) is 6.10 Å². The summed E-state index contributed by atoms with van der Waals surface area (Å²) in [6.07, 6.45) is 4.11. The highest BCUT2D eigenvalue weighted by Crippen LogP contribution is 2.15. The molecule has 0 saturated carbocycles. The molecule has 0 aliphatic carbocycles. The van der Waals surface area contributed by atoms with Crippen molar-refractivity contribution >= 4 is 0 Å². The minimum Gasteiger partial charge on any atom is -0.491 e. The van der Waals surface area contributed by atoms with E-state index in [4.69, 9.17) is 4.74 Å². The van der Waals surface area contributed by atoms with Crippen LogP contribution in [0.25, 0.3) is 0 Å². The molecule has 0 bridgehead atoms. The first-order valence-corrected chi connectivity index (χ1v) is 7.98. The molecule has 4 nitrogen and oxygen atoms in total. The van der Waals surface area contributed by atoms with E-state index in [-0.39, 0.29) is 6.10 Å². The predicted octanol–water partition coefficient (Wildman–Crippen LogP) is 3.40. The maximum absolute atomic E-state index is 5.73. The van der Waals surface area contributed by atoms with E-state index in [1.165, 1.54) is 5.56 Å². The molecule has 0 saturated heterocycles. The molecule has 2 rings (SSSR count). The van der Waals surface area contributed by atoms with Gasteiger partial charge in [-0.3, -0.25) is 0 Å². The number of aryl methyl sites for hydroxylation is 1. The summed E-state index contributed by atoms with van der Waals surface area (Å²) in [5.41, 5.74) is 1.25. The van der Waals surface area contributed by atoms with Crippen molar-refractivity contribution in [3.8, 4) is 5.75 Å². The highest BCUT2D eigenvalue weighted by atomic mass is 16.5. The number of imidazole rings is 1. The number of ether oxygens (including phenoxy) is 1. The molecule has 0 spiro atoms. The third-order valence-electron chi connectivity index (χ3n) is 3.52. The zero-order valence-corrected chi connectivity index (χ0v) is 14.0. The van der Waals surface area contributed by atoms with E-state index in [0.29, 0.717) is 5.92 Å². The molecule has 4 heteroatoms. The molecule has 1 aromatic heterocycles. The molecular weight excluding hydrogens is 274 g/mol. The first-order chi connectivity index (χ1) is 10.5. The van der Waals surface area contributed by atoms with Gasteiger partial charge in [0, 0.05) is 25.5 Å². The summed E-state index contributed by atoms with van der Waals surface area (Å²) in [7, 11) is 0. The number of nitrogens with zero attached hydrogens (tertiary/aromatic N) is 2. The van der Waals surface area contributed by atoms with Gasteiger partial charge in [0.2, 0.25) is 0 Å².